The second-order valence-corrected chi connectivity index (χ2v) is 4.68. The van der Waals surface area contributed by atoms with Gasteiger partial charge in [-0.1, -0.05) is 0 Å². The largest absolute Gasteiger partial charge is 0.306 e. The van der Waals surface area contributed by atoms with Crippen LogP contribution in [0.4, 0.5) is 0 Å². The van der Waals surface area contributed by atoms with Crippen molar-refractivity contribution in [3.8, 4) is 0 Å². The van der Waals surface area contributed by atoms with E-state index in [1.54, 1.807) is 10.9 Å². The van der Waals surface area contributed by atoms with Gasteiger partial charge in [-0.15, -0.1) is 0 Å². The lowest BCUT2D eigenvalue weighted by molar-refractivity contribution is 0.0953. The van der Waals surface area contributed by atoms with Crippen LogP contribution in [-0.2, 0) is 6.54 Å². The molecule has 1 atom stereocenters. The monoisotopic (exact) mass is 225 g/mol. The lowest BCUT2D eigenvalue weighted by Gasteiger charge is -2.21. The first kappa shape index (κ1) is 10.7. The van der Waals surface area contributed by atoms with Gasteiger partial charge in [-0.3, -0.25) is 9.48 Å². The van der Waals surface area contributed by atoms with Crippen LogP contribution in [0.3, 0.4) is 0 Å². The molecule has 1 saturated heterocycles. The number of thioether (sulfide) groups is 1. The SMILES string of the molecule is CCn1cc(C(=O)C2CSCCN2)cn1. The fourth-order valence-corrected chi connectivity index (χ4v) is 2.53. The van der Waals surface area contributed by atoms with E-state index in [-0.39, 0.29) is 11.8 Å². The molecule has 2 rings (SSSR count). The lowest BCUT2D eigenvalue weighted by Crippen LogP contribution is -2.43. The molecule has 1 fully saturated rings. The van der Waals surface area contributed by atoms with Crippen molar-refractivity contribution in [1.82, 2.24) is 15.1 Å². The molecule has 1 aliphatic rings. The highest BCUT2D eigenvalue weighted by Gasteiger charge is 2.22. The molecule has 1 unspecified atom stereocenters. The Morgan fingerprint density at radius 2 is 2.67 bits per heavy atom. The Morgan fingerprint density at radius 1 is 1.80 bits per heavy atom. The number of carbonyl (C=O) groups excluding carboxylic acids is 1. The topological polar surface area (TPSA) is 46.9 Å². The minimum atomic E-state index is -0.0294. The van der Waals surface area contributed by atoms with Gasteiger partial charge in [-0.05, 0) is 6.92 Å². The predicted octanol–water partition coefficient (Wildman–Crippen LogP) is 0.791. The van der Waals surface area contributed by atoms with Crippen LogP contribution in [0.25, 0.3) is 0 Å². The average Bonchev–Trinajstić information content (AvgIpc) is 2.78. The summed E-state index contributed by atoms with van der Waals surface area (Å²) < 4.78 is 1.78. The summed E-state index contributed by atoms with van der Waals surface area (Å²) in [6.45, 7) is 3.74. The fourth-order valence-electron chi connectivity index (χ4n) is 1.60. The molecule has 0 spiro atoms. The molecule has 1 aromatic heterocycles. The van der Waals surface area contributed by atoms with Crippen LogP contribution >= 0.6 is 11.8 Å². The van der Waals surface area contributed by atoms with E-state index < -0.39 is 0 Å². The van der Waals surface area contributed by atoms with E-state index in [4.69, 9.17) is 0 Å². The molecule has 0 amide bonds. The number of aromatic nitrogens is 2. The maximum atomic E-state index is 12.0. The first-order valence-corrected chi connectivity index (χ1v) is 6.34. The van der Waals surface area contributed by atoms with Gasteiger partial charge in [-0.2, -0.15) is 16.9 Å². The van der Waals surface area contributed by atoms with Crippen molar-refractivity contribution in [3.63, 3.8) is 0 Å². The molecule has 1 N–H and O–H groups in total. The van der Waals surface area contributed by atoms with Crippen molar-refractivity contribution in [1.29, 1.82) is 0 Å². The van der Waals surface area contributed by atoms with Crippen molar-refractivity contribution >= 4 is 17.5 Å². The van der Waals surface area contributed by atoms with Gasteiger partial charge in [0.15, 0.2) is 5.78 Å². The maximum Gasteiger partial charge on any atom is 0.183 e. The molecule has 0 aromatic carbocycles. The van der Waals surface area contributed by atoms with Gasteiger partial charge in [-0.25, -0.2) is 0 Å². The van der Waals surface area contributed by atoms with Gasteiger partial charge < -0.3 is 5.32 Å². The second kappa shape index (κ2) is 4.81. The summed E-state index contributed by atoms with van der Waals surface area (Å²) in [5.41, 5.74) is 0.719. The molecular formula is C10H15N3OS. The molecular weight excluding hydrogens is 210 g/mol. The number of aryl methyl sites for hydroxylation is 1. The van der Waals surface area contributed by atoms with Crippen molar-refractivity contribution in [2.75, 3.05) is 18.1 Å². The van der Waals surface area contributed by atoms with Crippen molar-refractivity contribution < 1.29 is 4.79 Å². The van der Waals surface area contributed by atoms with Gasteiger partial charge in [0.1, 0.15) is 0 Å². The third-order valence-electron chi connectivity index (χ3n) is 2.48. The molecule has 0 aliphatic carbocycles. The second-order valence-electron chi connectivity index (χ2n) is 3.53. The Morgan fingerprint density at radius 3 is 3.27 bits per heavy atom. The van der Waals surface area contributed by atoms with E-state index in [2.05, 4.69) is 10.4 Å². The van der Waals surface area contributed by atoms with E-state index >= 15 is 0 Å². The van der Waals surface area contributed by atoms with Gasteiger partial charge in [0.25, 0.3) is 0 Å². The molecule has 82 valence electrons. The first-order valence-electron chi connectivity index (χ1n) is 5.19. The number of carbonyl (C=O) groups is 1. The van der Waals surface area contributed by atoms with E-state index in [1.165, 1.54) is 0 Å². The number of hydrogen-bond acceptors (Lipinski definition) is 4. The van der Waals surface area contributed by atoms with E-state index in [9.17, 15) is 4.79 Å². The van der Waals surface area contributed by atoms with E-state index in [1.807, 2.05) is 24.9 Å². The number of rotatable bonds is 3. The Hall–Kier alpha value is -0.810. The number of nitrogens with zero attached hydrogens (tertiary/aromatic N) is 2. The summed E-state index contributed by atoms with van der Waals surface area (Å²) in [4.78, 5) is 12.0. The highest BCUT2D eigenvalue weighted by atomic mass is 32.2. The van der Waals surface area contributed by atoms with Crippen LogP contribution in [0.1, 0.15) is 17.3 Å². The molecule has 2 heterocycles. The normalized spacial score (nSPS) is 21.5. The van der Waals surface area contributed by atoms with Crippen molar-refractivity contribution in [2.45, 2.75) is 19.5 Å². The molecule has 1 aliphatic heterocycles. The van der Waals surface area contributed by atoms with Crippen LogP contribution in [0.5, 0.6) is 0 Å². The van der Waals surface area contributed by atoms with E-state index in [0.717, 1.165) is 30.2 Å². The van der Waals surface area contributed by atoms with Crippen LogP contribution in [-0.4, -0.2) is 39.7 Å². The number of nitrogens with one attached hydrogen (secondary N) is 1. The van der Waals surface area contributed by atoms with Gasteiger partial charge in [0.2, 0.25) is 0 Å². The Bertz CT molecular complexity index is 344. The number of hydrogen-bond donors (Lipinski definition) is 1. The number of ketones is 1. The van der Waals surface area contributed by atoms with Crippen molar-refractivity contribution in [3.05, 3.63) is 18.0 Å². The van der Waals surface area contributed by atoms with Gasteiger partial charge in [0, 0.05) is 30.8 Å². The Labute approximate surface area is 93.4 Å². The molecule has 4 nitrogen and oxygen atoms in total. The summed E-state index contributed by atoms with van der Waals surface area (Å²) in [6, 6.07) is -0.0294. The van der Waals surface area contributed by atoms with Crippen LogP contribution < -0.4 is 5.32 Å². The van der Waals surface area contributed by atoms with Crippen LogP contribution in [0, 0.1) is 0 Å². The van der Waals surface area contributed by atoms with Gasteiger partial charge in [0.05, 0.1) is 17.8 Å². The maximum absolute atomic E-state index is 12.0. The summed E-state index contributed by atoms with van der Waals surface area (Å²) in [5.74, 6) is 2.13. The zero-order chi connectivity index (χ0) is 10.7. The molecule has 15 heavy (non-hydrogen) atoms. The summed E-state index contributed by atoms with van der Waals surface area (Å²) in [7, 11) is 0. The minimum absolute atomic E-state index is 0.0294. The zero-order valence-corrected chi connectivity index (χ0v) is 9.59. The third kappa shape index (κ3) is 2.41. The van der Waals surface area contributed by atoms with Gasteiger partial charge >= 0.3 is 0 Å². The summed E-state index contributed by atoms with van der Waals surface area (Å²) >= 11 is 1.83. The molecule has 5 heteroatoms. The standard InChI is InChI=1S/C10H15N3OS/c1-2-13-6-8(5-12-13)10(14)9-7-15-4-3-11-9/h5-6,9,11H,2-4,7H2,1H3. The minimum Gasteiger partial charge on any atom is -0.306 e. The highest BCUT2D eigenvalue weighted by Crippen LogP contribution is 2.12. The predicted molar refractivity (Wildman–Crippen MR) is 61.3 cm³/mol. The Kier molecular flexibility index (Phi) is 3.43. The zero-order valence-electron chi connectivity index (χ0n) is 8.77. The first-order chi connectivity index (χ1) is 7.31. The molecule has 1 aromatic rings. The fraction of sp³-hybridized carbons (Fsp3) is 0.600. The molecule has 0 radical (unpaired) electrons. The highest BCUT2D eigenvalue weighted by molar-refractivity contribution is 7.99. The average molecular weight is 225 g/mol. The number of Topliss-reactive ketones (excluding diaryl/α,β-unsaturated/α-hetero) is 1. The molecule has 0 bridgehead atoms. The third-order valence-corrected chi connectivity index (χ3v) is 3.54. The lowest BCUT2D eigenvalue weighted by atomic mass is 10.1. The van der Waals surface area contributed by atoms with Crippen LogP contribution in [0.15, 0.2) is 12.4 Å². The summed E-state index contributed by atoms with van der Waals surface area (Å²) in [6.07, 6.45) is 3.48. The molecule has 0 saturated carbocycles. The van der Waals surface area contributed by atoms with Crippen molar-refractivity contribution in [2.24, 2.45) is 0 Å². The smallest absolute Gasteiger partial charge is 0.183 e. The van der Waals surface area contributed by atoms with E-state index in [0.29, 0.717) is 0 Å². The summed E-state index contributed by atoms with van der Waals surface area (Å²) in [5, 5.41) is 7.35. The quantitative estimate of drug-likeness (QED) is 0.773. The van der Waals surface area contributed by atoms with Crippen LogP contribution in [0.2, 0.25) is 0 Å². The Balaban J connectivity index is 2.05.